The van der Waals surface area contributed by atoms with E-state index in [4.69, 9.17) is 4.74 Å². The Morgan fingerprint density at radius 2 is 2.00 bits per heavy atom. The zero-order chi connectivity index (χ0) is 12.4. The van der Waals surface area contributed by atoms with Gasteiger partial charge in [-0.25, -0.2) is 0 Å². The number of rotatable bonds is 8. The molecule has 94 valence electrons. The van der Waals surface area contributed by atoms with Gasteiger partial charge >= 0.3 is 5.97 Å². The molecule has 0 radical (unpaired) electrons. The third-order valence-electron chi connectivity index (χ3n) is 1.84. The van der Waals surface area contributed by atoms with E-state index in [1.165, 1.54) is 0 Å². The van der Waals surface area contributed by atoms with Crippen LogP contribution in [0.15, 0.2) is 0 Å². The lowest BCUT2D eigenvalue weighted by Gasteiger charge is -2.12. The lowest BCUT2D eigenvalue weighted by Crippen LogP contribution is -2.34. The summed E-state index contributed by atoms with van der Waals surface area (Å²) >= 11 is 1.78. The molecular weight excluding hydrogens is 226 g/mol. The van der Waals surface area contributed by atoms with Crippen molar-refractivity contribution in [2.24, 2.45) is 0 Å². The van der Waals surface area contributed by atoms with Crippen LogP contribution in [0.1, 0.15) is 33.6 Å². The number of thioether (sulfide) groups is 1. The smallest absolute Gasteiger partial charge is 0.306 e. The predicted octanol–water partition coefficient (Wildman–Crippen LogP) is 1.59. The first-order valence-electron chi connectivity index (χ1n) is 5.62. The van der Waals surface area contributed by atoms with Crippen molar-refractivity contribution in [3.8, 4) is 0 Å². The van der Waals surface area contributed by atoms with E-state index in [1.54, 1.807) is 18.7 Å². The van der Waals surface area contributed by atoms with E-state index in [-0.39, 0.29) is 30.8 Å². The molecule has 1 unspecified atom stereocenters. The third kappa shape index (κ3) is 8.59. The van der Waals surface area contributed by atoms with Crippen LogP contribution in [0.5, 0.6) is 0 Å². The quantitative estimate of drug-likeness (QED) is 0.662. The van der Waals surface area contributed by atoms with Crippen molar-refractivity contribution in [1.82, 2.24) is 5.32 Å². The molecule has 0 aliphatic carbocycles. The van der Waals surface area contributed by atoms with Crippen LogP contribution in [0, 0.1) is 0 Å². The maximum absolute atomic E-state index is 11.4. The summed E-state index contributed by atoms with van der Waals surface area (Å²) in [5.41, 5.74) is 0. The maximum Gasteiger partial charge on any atom is 0.306 e. The number of hydrogen-bond acceptors (Lipinski definition) is 4. The lowest BCUT2D eigenvalue weighted by molar-refractivity contribution is -0.144. The minimum atomic E-state index is -0.312. The van der Waals surface area contributed by atoms with Crippen LogP contribution in [0.4, 0.5) is 0 Å². The summed E-state index contributed by atoms with van der Waals surface area (Å²) in [5, 5.41) is 2.84. The van der Waals surface area contributed by atoms with Gasteiger partial charge in [0.1, 0.15) is 0 Å². The van der Waals surface area contributed by atoms with Gasteiger partial charge in [-0.15, -0.1) is 0 Å². The first-order valence-corrected chi connectivity index (χ1v) is 6.78. The van der Waals surface area contributed by atoms with Gasteiger partial charge in [-0.1, -0.05) is 6.92 Å². The van der Waals surface area contributed by atoms with Crippen molar-refractivity contribution in [2.75, 3.05) is 18.1 Å². The van der Waals surface area contributed by atoms with E-state index in [0.29, 0.717) is 6.61 Å². The Morgan fingerprint density at radius 3 is 2.56 bits per heavy atom. The first-order chi connectivity index (χ1) is 7.60. The molecule has 0 aliphatic heterocycles. The number of hydrogen-bond donors (Lipinski definition) is 1. The molecule has 0 heterocycles. The van der Waals surface area contributed by atoms with Crippen LogP contribution in [0.3, 0.4) is 0 Å². The van der Waals surface area contributed by atoms with Gasteiger partial charge in [0.25, 0.3) is 0 Å². The van der Waals surface area contributed by atoms with Crippen molar-refractivity contribution >= 4 is 23.6 Å². The highest BCUT2D eigenvalue weighted by Gasteiger charge is 2.09. The van der Waals surface area contributed by atoms with Crippen LogP contribution in [0.2, 0.25) is 0 Å². The van der Waals surface area contributed by atoms with E-state index in [2.05, 4.69) is 12.2 Å². The number of esters is 1. The molecule has 0 saturated heterocycles. The molecule has 1 amide bonds. The molecule has 4 nitrogen and oxygen atoms in total. The first kappa shape index (κ1) is 15.3. The van der Waals surface area contributed by atoms with Crippen LogP contribution in [-0.2, 0) is 14.3 Å². The normalized spacial score (nSPS) is 11.9. The SMILES string of the molecule is CCOC(=O)CCC(=O)NC(C)CSCC. The number of ether oxygens (including phenoxy) is 1. The van der Waals surface area contributed by atoms with Gasteiger partial charge in [-0.05, 0) is 19.6 Å². The zero-order valence-electron chi connectivity index (χ0n) is 10.2. The highest BCUT2D eigenvalue weighted by Crippen LogP contribution is 2.02. The Bertz CT molecular complexity index is 221. The fraction of sp³-hybridized carbons (Fsp3) is 0.818. The van der Waals surface area contributed by atoms with Gasteiger partial charge < -0.3 is 10.1 Å². The second-order valence-electron chi connectivity index (χ2n) is 3.43. The van der Waals surface area contributed by atoms with E-state index >= 15 is 0 Å². The summed E-state index contributed by atoms with van der Waals surface area (Å²) in [5.74, 6) is 1.55. The average Bonchev–Trinajstić information content (AvgIpc) is 2.24. The van der Waals surface area contributed by atoms with E-state index in [0.717, 1.165) is 11.5 Å². The summed E-state index contributed by atoms with van der Waals surface area (Å²) in [6.45, 7) is 6.16. The van der Waals surface area contributed by atoms with Crippen LogP contribution in [0.25, 0.3) is 0 Å². The monoisotopic (exact) mass is 247 g/mol. The Kier molecular flexibility index (Phi) is 9.09. The highest BCUT2D eigenvalue weighted by molar-refractivity contribution is 7.99. The Labute approximate surface area is 101 Å². The van der Waals surface area contributed by atoms with E-state index in [9.17, 15) is 9.59 Å². The maximum atomic E-state index is 11.4. The molecule has 16 heavy (non-hydrogen) atoms. The van der Waals surface area contributed by atoms with E-state index < -0.39 is 0 Å². The Balaban J connectivity index is 3.61. The van der Waals surface area contributed by atoms with E-state index in [1.807, 2.05) is 6.92 Å². The molecule has 1 N–H and O–H groups in total. The molecule has 0 rings (SSSR count). The van der Waals surface area contributed by atoms with Gasteiger partial charge in [0.15, 0.2) is 0 Å². The lowest BCUT2D eigenvalue weighted by atomic mass is 10.3. The molecule has 0 spiro atoms. The van der Waals surface area contributed by atoms with Crippen LogP contribution >= 0.6 is 11.8 Å². The molecule has 0 saturated carbocycles. The Hall–Kier alpha value is -0.710. The van der Waals surface area contributed by atoms with Gasteiger partial charge in [-0.2, -0.15) is 11.8 Å². The summed E-state index contributed by atoms with van der Waals surface area (Å²) in [4.78, 5) is 22.4. The number of nitrogens with one attached hydrogen (secondary N) is 1. The second kappa shape index (κ2) is 9.51. The topological polar surface area (TPSA) is 55.4 Å². The summed E-state index contributed by atoms with van der Waals surface area (Å²) in [7, 11) is 0. The minimum absolute atomic E-state index is 0.0859. The number of amides is 1. The minimum Gasteiger partial charge on any atom is -0.466 e. The molecule has 5 heteroatoms. The predicted molar refractivity (Wildman–Crippen MR) is 66.5 cm³/mol. The second-order valence-corrected chi connectivity index (χ2v) is 4.75. The molecule has 0 fully saturated rings. The standard InChI is InChI=1S/C11H21NO3S/c1-4-15-11(14)7-6-10(13)12-9(3)8-16-5-2/h9H,4-8H2,1-3H3,(H,12,13). The third-order valence-corrected chi connectivity index (χ3v) is 2.98. The largest absolute Gasteiger partial charge is 0.466 e. The van der Waals surface area contributed by atoms with Crippen molar-refractivity contribution in [3.63, 3.8) is 0 Å². The van der Waals surface area contributed by atoms with Crippen molar-refractivity contribution in [1.29, 1.82) is 0 Å². The summed E-state index contributed by atoms with van der Waals surface area (Å²) in [6.07, 6.45) is 0.368. The average molecular weight is 247 g/mol. The van der Waals surface area contributed by atoms with Crippen LogP contribution in [-0.4, -0.2) is 36.0 Å². The summed E-state index contributed by atoms with van der Waals surface area (Å²) < 4.78 is 4.74. The molecule has 0 aromatic heterocycles. The highest BCUT2D eigenvalue weighted by atomic mass is 32.2. The molecule has 0 aromatic rings. The fourth-order valence-electron chi connectivity index (χ4n) is 1.13. The van der Waals surface area contributed by atoms with Gasteiger partial charge in [-0.3, -0.25) is 9.59 Å². The molecular formula is C11H21NO3S. The summed E-state index contributed by atoms with van der Waals surface area (Å²) in [6, 6.07) is 0.152. The molecule has 0 aliphatic rings. The van der Waals surface area contributed by atoms with Crippen molar-refractivity contribution in [2.45, 2.75) is 39.7 Å². The van der Waals surface area contributed by atoms with Crippen molar-refractivity contribution in [3.05, 3.63) is 0 Å². The van der Waals surface area contributed by atoms with Crippen molar-refractivity contribution < 1.29 is 14.3 Å². The fourth-order valence-corrected chi connectivity index (χ4v) is 1.80. The van der Waals surface area contributed by atoms with Gasteiger partial charge in [0, 0.05) is 18.2 Å². The van der Waals surface area contributed by atoms with Gasteiger partial charge in [0.05, 0.1) is 13.0 Å². The van der Waals surface area contributed by atoms with Gasteiger partial charge in [0.2, 0.25) is 5.91 Å². The van der Waals surface area contributed by atoms with Crippen LogP contribution < -0.4 is 5.32 Å². The molecule has 0 aromatic carbocycles. The molecule has 1 atom stereocenters. The number of carbonyl (C=O) groups excluding carboxylic acids is 2. The Morgan fingerprint density at radius 1 is 1.31 bits per heavy atom. The molecule has 0 bridgehead atoms. The zero-order valence-corrected chi connectivity index (χ0v) is 11.1. The number of carbonyl (C=O) groups is 2.